The summed E-state index contributed by atoms with van der Waals surface area (Å²) in [4.78, 5) is 0. The Morgan fingerprint density at radius 1 is 1.18 bits per heavy atom. The van der Waals surface area contributed by atoms with Crippen LogP contribution in [0.4, 0.5) is 0 Å². The molecular weight excluding hydrogens is 148 g/mol. The summed E-state index contributed by atoms with van der Waals surface area (Å²) in [5, 5.41) is 0. The Hall–Kier alpha value is -0.200. The van der Waals surface area contributed by atoms with Crippen LogP contribution in [0, 0.1) is 0 Å². The zero-order chi connectivity index (χ0) is 6.41. The first-order valence-corrected chi connectivity index (χ1v) is 3.27. The third-order valence-electron chi connectivity index (χ3n) is 1.30. The van der Waals surface area contributed by atoms with Gasteiger partial charge in [-0.05, 0) is 25.8 Å². The number of rotatable bonds is 4. The van der Waals surface area contributed by atoms with E-state index in [9.17, 15) is 0 Å². The second kappa shape index (κ2) is 16.4. The monoisotopic (exact) mass is 170 g/mol. The highest BCUT2D eigenvalue weighted by Gasteiger charge is 1.94. The summed E-state index contributed by atoms with van der Waals surface area (Å²) in [6, 6.07) is 0.374. The zero-order valence-corrected chi connectivity index (χ0v) is 7.06. The van der Waals surface area contributed by atoms with E-state index in [1.165, 1.54) is 0 Å². The lowest BCUT2D eigenvalue weighted by Crippen LogP contribution is -2.19. The molecule has 0 aliphatic heterocycles. The minimum Gasteiger partial charge on any atom is -0.412 e. The highest BCUT2D eigenvalue weighted by molar-refractivity contribution is 4.57. The molecule has 0 spiro atoms. The first kappa shape index (κ1) is 22.4. The van der Waals surface area contributed by atoms with Gasteiger partial charge >= 0.3 is 0 Å². The Morgan fingerprint density at radius 3 is 1.91 bits per heavy atom. The molecule has 5 heteroatoms. The molecule has 5 nitrogen and oxygen atoms in total. The third kappa shape index (κ3) is 17.7. The second-order valence-corrected chi connectivity index (χ2v) is 2.10. The molecule has 0 bridgehead atoms. The Kier molecular flexibility index (Phi) is 33.5. The molecular formula is C6H22N2O3. The van der Waals surface area contributed by atoms with E-state index in [1.807, 2.05) is 0 Å². The van der Waals surface area contributed by atoms with E-state index in [1.54, 1.807) is 0 Å². The number of nitrogens with two attached hydrogens (primary N) is 2. The van der Waals surface area contributed by atoms with Gasteiger partial charge in [0.1, 0.15) is 0 Å². The maximum atomic E-state index is 5.60. The number of hydrogen-bond donors (Lipinski definition) is 2. The Balaban J connectivity index is -0.0000000817. The SMILES string of the molecule is CCC(N)CCCN.O.O.O. The largest absolute Gasteiger partial charge is 0.412 e. The first-order valence-electron chi connectivity index (χ1n) is 3.27. The van der Waals surface area contributed by atoms with Crippen LogP contribution >= 0.6 is 0 Å². The van der Waals surface area contributed by atoms with E-state index >= 15 is 0 Å². The van der Waals surface area contributed by atoms with Crippen molar-refractivity contribution >= 4 is 0 Å². The van der Waals surface area contributed by atoms with Crippen molar-refractivity contribution in [2.24, 2.45) is 11.5 Å². The van der Waals surface area contributed by atoms with Crippen molar-refractivity contribution in [1.29, 1.82) is 0 Å². The standard InChI is InChI=1S/C6H16N2.3H2O/c1-2-6(8)4-3-5-7;;;/h6H,2-5,7-8H2,1H3;3*1H2. The lowest BCUT2D eigenvalue weighted by atomic mass is 10.1. The van der Waals surface area contributed by atoms with Crippen molar-refractivity contribution in [3.63, 3.8) is 0 Å². The summed E-state index contributed by atoms with van der Waals surface area (Å²) in [6.07, 6.45) is 3.21. The molecule has 74 valence electrons. The lowest BCUT2D eigenvalue weighted by molar-refractivity contribution is 0.573. The molecule has 0 rings (SSSR count). The van der Waals surface area contributed by atoms with E-state index in [0.717, 1.165) is 25.8 Å². The predicted octanol–water partition coefficient (Wildman–Crippen LogP) is -2.01. The molecule has 11 heavy (non-hydrogen) atoms. The van der Waals surface area contributed by atoms with Crippen molar-refractivity contribution < 1.29 is 16.4 Å². The fourth-order valence-corrected chi connectivity index (χ4v) is 0.584. The van der Waals surface area contributed by atoms with Gasteiger partial charge in [0.05, 0.1) is 0 Å². The molecule has 0 fully saturated rings. The van der Waals surface area contributed by atoms with Gasteiger partial charge in [-0.25, -0.2) is 0 Å². The predicted molar refractivity (Wildman–Crippen MR) is 47.4 cm³/mol. The smallest absolute Gasteiger partial charge is 0.00366 e. The molecule has 0 aliphatic rings. The lowest BCUT2D eigenvalue weighted by Gasteiger charge is -2.04. The zero-order valence-electron chi connectivity index (χ0n) is 7.06. The highest BCUT2D eigenvalue weighted by Crippen LogP contribution is 1.95. The van der Waals surface area contributed by atoms with Crippen LogP contribution in [0.15, 0.2) is 0 Å². The van der Waals surface area contributed by atoms with Crippen molar-refractivity contribution in [3.8, 4) is 0 Å². The summed E-state index contributed by atoms with van der Waals surface area (Å²) < 4.78 is 0. The molecule has 0 saturated carbocycles. The molecule has 0 aromatic carbocycles. The molecule has 0 aromatic heterocycles. The van der Waals surface area contributed by atoms with Gasteiger partial charge in [0.15, 0.2) is 0 Å². The van der Waals surface area contributed by atoms with Gasteiger partial charge in [-0.3, -0.25) is 0 Å². The first-order chi connectivity index (χ1) is 3.81. The molecule has 0 aliphatic carbocycles. The summed E-state index contributed by atoms with van der Waals surface area (Å²) in [5.41, 5.74) is 10.9. The summed E-state index contributed by atoms with van der Waals surface area (Å²) in [5.74, 6) is 0. The normalized spacial score (nSPS) is 10.1. The summed E-state index contributed by atoms with van der Waals surface area (Å²) >= 11 is 0. The van der Waals surface area contributed by atoms with Crippen LogP contribution in [-0.2, 0) is 0 Å². The van der Waals surface area contributed by atoms with E-state index in [0.29, 0.717) is 6.04 Å². The topological polar surface area (TPSA) is 147 Å². The maximum Gasteiger partial charge on any atom is 0.00366 e. The molecule has 1 atom stereocenters. The van der Waals surface area contributed by atoms with Crippen molar-refractivity contribution in [2.45, 2.75) is 32.2 Å². The van der Waals surface area contributed by atoms with Crippen molar-refractivity contribution in [3.05, 3.63) is 0 Å². The van der Waals surface area contributed by atoms with Crippen LogP contribution < -0.4 is 11.5 Å². The van der Waals surface area contributed by atoms with Crippen LogP contribution in [0.25, 0.3) is 0 Å². The molecule has 0 saturated heterocycles. The van der Waals surface area contributed by atoms with Gasteiger partial charge < -0.3 is 27.9 Å². The molecule has 1 unspecified atom stereocenters. The fourth-order valence-electron chi connectivity index (χ4n) is 0.584. The maximum absolute atomic E-state index is 5.60. The van der Waals surface area contributed by atoms with Gasteiger partial charge in [-0.15, -0.1) is 0 Å². The molecule has 0 aromatic rings. The van der Waals surface area contributed by atoms with Gasteiger partial charge in [0.25, 0.3) is 0 Å². The quantitative estimate of drug-likeness (QED) is 0.501. The Morgan fingerprint density at radius 2 is 1.64 bits per heavy atom. The molecule has 0 radical (unpaired) electrons. The average molecular weight is 170 g/mol. The van der Waals surface area contributed by atoms with E-state index in [-0.39, 0.29) is 16.4 Å². The van der Waals surface area contributed by atoms with Crippen molar-refractivity contribution in [1.82, 2.24) is 0 Å². The molecule has 0 amide bonds. The molecule has 10 N–H and O–H groups in total. The Labute approximate surface area is 67.7 Å². The average Bonchev–Trinajstić information content (AvgIpc) is 1.83. The van der Waals surface area contributed by atoms with Crippen LogP contribution in [0.5, 0.6) is 0 Å². The minimum absolute atomic E-state index is 0. The minimum atomic E-state index is 0. The van der Waals surface area contributed by atoms with Gasteiger partial charge in [-0.2, -0.15) is 0 Å². The van der Waals surface area contributed by atoms with Gasteiger partial charge in [0, 0.05) is 6.04 Å². The Bertz CT molecular complexity index is 55.1. The van der Waals surface area contributed by atoms with Crippen LogP contribution in [0.2, 0.25) is 0 Å². The van der Waals surface area contributed by atoms with Crippen LogP contribution in [-0.4, -0.2) is 29.0 Å². The number of hydrogen-bond acceptors (Lipinski definition) is 2. The van der Waals surface area contributed by atoms with Gasteiger partial charge in [0.2, 0.25) is 0 Å². The van der Waals surface area contributed by atoms with E-state index < -0.39 is 0 Å². The van der Waals surface area contributed by atoms with E-state index in [4.69, 9.17) is 11.5 Å². The van der Waals surface area contributed by atoms with Crippen LogP contribution in [0.1, 0.15) is 26.2 Å². The summed E-state index contributed by atoms with van der Waals surface area (Å²) in [6.45, 7) is 2.87. The molecule has 0 heterocycles. The van der Waals surface area contributed by atoms with Crippen LogP contribution in [0.3, 0.4) is 0 Å². The van der Waals surface area contributed by atoms with E-state index in [2.05, 4.69) is 6.92 Å². The van der Waals surface area contributed by atoms with Crippen molar-refractivity contribution in [2.75, 3.05) is 6.54 Å². The second-order valence-electron chi connectivity index (χ2n) is 2.10. The summed E-state index contributed by atoms with van der Waals surface area (Å²) in [7, 11) is 0. The highest BCUT2D eigenvalue weighted by atomic mass is 16.0. The van der Waals surface area contributed by atoms with Gasteiger partial charge in [-0.1, -0.05) is 6.92 Å². The third-order valence-corrected chi connectivity index (χ3v) is 1.30. The fraction of sp³-hybridized carbons (Fsp3) is 1.00.